The number of nitrogens with one attached hydrogen (secondary N) is 2. The second-order valence-electron chi connectivity index (χ2n) is 5.48. The number of hydrogen-bond donors (Lipinski definition) is 3. The van der Waals surface area contributed by atoms with Crippen molar-refractivity contribution in [2.24, 2.45) is 0 Å². The first-order chi connectivity index (χ1) is 12.1. The first-order valence-corrected chi connectivity index (χ1v) is 7.65. The third-order valence-electron chi connectivity index (χ3n) is 3.64. The van der Waals surface area contributed by atoms with E-state index in [2.05, 4.69) is 20.5 Å². The number of aliphatic carboxylic acids is 1. The Hall–Kier alpha value is -3.48. The summed E-state index contributed by atoms with van der Waals surface area (Å²) in [5, 5.41) is 18.2. The molecule has 0 radical (unpaired) electrons. The first kappa shape index (κ1) is 16.4. The summed E-state index contributed by atoms with van der Waals surface area (Å²) >= 11 is 0. The number of carbonyl (C=O) groups excluding carboxylic acids is 1. The van der Waals surface area contributed by atoms with Crippen molar-refractivity contribution < 1.29 is 14.7 Å². The molecule has 1 amide bonds. The molecule has 0 bridgehead atoms. The van der Waals surface area contributed by atoms with E-state index in [1.165, 1.54) is 6.33 Å². The van der Waals surface area contributed by atoms with E-state index in [4.69, 9.17) is 5.11 Å². The first-order valence-electron chi connectivity index (χ1n) is 7.65. The predicted octanol–water partition coefficient (Wildman–Crippen LogP) is 2.03. The number of H-pyrrole nitrogens is 1. The van der Waals surface area contributed by atoms with E-state index in [0.29, 0.717) is 17.9 Å². The van der Waals surface area contributed by atoms with Gasteiger partial charge in [0.25, 0.3) is 5.91 Å². The number of aromatic amines is 1. The molecule has 3 N–H and O–H groups in total. The van der Waals surface area contributed by atoms with Gasteiger partial charge in [0.1, 0.15) is 6.33 Å². The fourth-order valence-electron chi connectivity index (χ4n) is 2.39. The van der Waals surface area contributed by atoms with Crippen LogP contribution in [0.3, 0.4) is 0 Å². The van der Waals surface area contributed by atoms with Crippen LogP contribution >= 0.6 is 0 Å². The molecule has 7 nitrogen and oxygen atoms in total. The molecule has 2 aromatic carbocycles. The molecule has 0 fully saturated rings. The van der Waals surface area contributed by atoms with Gasteiger partial charge in [0.15, 0.2) is 5.82 Å². The zero-order valence-corrected chi connectivity index (χ0v) is 13.3. The summed E-state index contributed by atoms with van der Waals surface area (Å²) in [4.78, 5) is 27.1. The third kappa shape index (κ3) is 4.29. The van der Waals surface area contributed by atoms with Gasteiger partial charge >= 0.3 is 5.97 Å². The highest BCUT2D eigenvalue weighted by Gasteiger charge is 2.08. The minimum atomic E-state index is -0.868. The van der Waals surface area contributed by atoms with E-state index in [0.717, 1.165) is 16.7 Å². The van der Waals surface area contributed by atoms with Crippen LogP contribution in [0.4, 0.5) is 0 Å². The maximum Gasteiger partial charge on any atom is 0.307 e. The summed E-state index contributed by atoms with van der Waals surface area (Å²) in [5.41, 5.74) is 2.93. The molecule has 1 heterocycles. The average Bonchev–Trinajstić information content (AvgIpc) is 3.15. The molecule has 126 valence electrons. The van der Waals surface area contributed by atoms with Crippen molar-refractivity contribution in [3.8, 4) is 11.4 Å². The fourth-order valence-corrected chi connectivity index (χ4v) is 2.39. The van der Waals surface area contributed by atoms with Crippen molar-refractivity contribution in [3.63, 3.8) is 0 Å². The van der Waals surface area contributed by atoms with E-state index in [9.17, 15) is 9.59 Å². The van der Waals surface area contributed by atoms with Crippen LogP contribution in [-0.4, -0.2) is 32.2 Å². The zero-order chi connectivity index (χ0) is 17.6. The zero-order valence-electron chi connectivity index (χ0n) is 13.3. The molecule has 0 saturated heterocycles. The van der Waals surface area contributed by atoms with E-state index < -0.39 is 5.97 Å². The lowest BCUT2D eigenvalue weighted by atomic mass is 10.1. The van der Waals surface area contributed by atoms with E-state index in [-0.39, 0.29) is 12.3 Å². The maximum atomic E-state index is 12.3. The van der Waals surface area contributed by atoms with Gasteiger partial charge in [-0.05, 0) is 23.3 Å². The maximum absolute atomic E-state index is 12.3. The average molecular weight is 336 g/mol. The highest BCUT2D eigenvalue weighted by atomic mass is 16.4. The number of amides is 1. The topological polar surface area (TPSA) is 108 Å². The van der Waals surface area contributed by atoms with Crippen molar-refractivity contribution in [2.75, 3.05) is 0 Å². The summed E-state index contributed by atoms with van der Waals surface area (Å²) in [6, 6.07) is 14.2. The number of rotatable bonds is 6. The summed E-state index contributed by atoms with van der Waals surface area (Å²) < 4.78 is 0. The smallest absolute Gasteiger partial charge is 0.307 e. The van der Waals surface area contributed by atoms with Gasteiger partial charge < -0.3 is 10.4 Å². The monoisotopic (exact) mass is 336 g/mol. The molecule has 0 saturated carbocycles. The summed E-state index contributed by atoms with van der Waals surface area (Å²) in [6.07, 6.45) is 1.40. The normalized spacial score (nSPS) is 10.4. The van der Waals surface area contributed by atoms with Crippen LogP contribution in [0.2, 0.25) is 0 Å². The van der Waals surface area contributed by atoms with Gasteiger partial charge in [0, 0.05) is 17.7 Å². The molecule has 0 aliphatic carbocycles. The lowest BCUT2D eigenvalue weighted by Gasteiger charge is -2.07. The van der Waals surface area contributed by atoms with Gasteiger partial charge in [-0.2, -0.15) is 5.10 Å². The summed E-state index contributed by atoms with van der Waals surface area (Å²) in [7, 11) is 0. The highest BCUT2D eigenvalue weighted by molar-refractivity contribution is 5.95. The molecule has 0 unspecified atom stereocenters. The van der Waals surface area contributed by atoms with E-state index >= 15 is 0 Å². The number of aromatic nitrogens is 3. The van der Waals surface area contributed by atoms with Crippen LogP contribution in [0.15, 0.2) is 54.9 Å². The van der Waals surface area contributed by atoms with Crippen molar-refractivity contribution in [3.05, 3.63) is 71.5 Å². The van der Waals surface area contributed by atoms with Crippen LogP contribution in [0.25, 0.3) is 11.4 Å². The minimum absolute atomic E-state index is 0.0128. The Morgan fingerprint density at radius 1 is 1.08 bits per heavy atom. The fraction of sp³-hybridized carbons (Fsp3) is 0.111. The number of benzene rings is 2. The molecule has 7 heteroatoms. The predicted molar refractivity (Wildman–Crippen MR) is 90.8 cm³/mol. The Morgan fingerprint density at radius 2 is 1.84 bits per heavy atom. The Morgan fingerprint density at radius 3 is 2.52 bits per heavy atom. The molecule has 3 aromatic rings. The molecular weight excluding hydrogens is 320 g/mol. The Kier molecular flexibility index (Phi) is 4.84. The Labute approximate surface area is 143 Å². The van der Waals surface area contributed by atoms with Gasteiger partial charge in [-0.1, -0.05) is 36.4 Å². The molecule has 0 spiro atoms. The molecule has 0 aliphatic heterocycles. The van der Waals surface area contributed by atoms with Crippen molar-refractivity contribution in [1.29, 1.82) is 0 Å². The molecule has 1 aromatic heterocycles. The second kappa shape index (κ2) is 7.39. The number of carboxylic acids is 1. The Bertz CT molecular complexity index is 874. The lowest BCUT2D eigenvalue weighted by Crippen LogP contribution is -2.22. The molecular formula is C18H16N4O3. The third-order valence-corrected chi connectivity index (χ3v) is 3.64. The molecule has 25 heavy (non-hydrogen) atoms. The van der Waals surface area contributed by atoms with Gasteiger partial charge in [-0.25, -0.2) is 4.98 Å². The number of hydrogen-bond acceptors (Lipinski definition) is 4. The lowest BCUT2D eigenvalue weighted by molar-refractivity contribution is -0.136. The van der Waals surface area contributed by atoms with Gasteiger partial charge in [0.05, 0.1) is 6.42 Å². The molecule has 0 aliphatic rings. The quantitative estimate of drug-likeness (QED) is 0.638. The van der Waals surface area contributed by atoms with Crippen LogP contribution in [-0.2, 0) is 17.8 Å². The Balaban J connectivity index is 1.63. The molecule has 3 rings (SSSR count). The van der Waals surface area contributed by atoms with Crippen LogP contribution in [0.5, 0.6) is 0 Å². The van der Waals surface area contributed by atoms with E-state index in [1.54, 1.807) is 30.3 Å². The van der Waals surface area contributed by atoms with Crippen LogP contribution in [0, 0.1) is 0 Å². The van der Waals surface area contributed by atoms with Crippen molar-refractivity contribution in [2.45, 2.75) is 13.0 Å². The highest BCUT2D eigenvalue weighted by Crippen LogP contribution is 2.15. The van der Waals surface area contributed by atoms with Crippen molar-refractivity contribution >= 4 is 11.9 Å². The van der Waals surface area contributed by atoms with Gasteiger partial charge in [-0.15, -0.1) is 0 Å². The van der Waals surface area contributed by atoms with Gasteiger partial charge in [-0.3, -0.25) is 14.7 Å². The van der Waals surface area contributed by atoms with Gasteiger partial charge in [0.2, 0.25) is 0 Å². The van der Waals surface area contributed by atoms with Crippen LogP contribution in [0.1, 0.15) is 21.5 Å². The standard InChI is InChI=1S/C18H16N4O3/c23-16(24)8-12-4-6-13(7-5-12)10-19-18(25)15-3-1-2-14(9-15)17-20-11-21-22-17/h1-7,9,11H,8,10H2,(H,19,25)(H,23,24)(H,20,21,22). The van der Waals surface area contributed by atoms with Crippen molar-refractivity contribution in [1.82, 2.24) is 20.5 Å². The number of carboxylic acid groups (broad SMARTS) is 1. The molecule has 0 atom stereocenters. The summed E-state index contributed by atoms with van der Waals surface area (Å²) in [5.74, 6) is -0.465. The largest absolute Gasteiger partial charge is 0.481 e. The number of carbonyl (C=O) groups is 2. The number of nitrogens with zero attached hydrogens (tertiary/aromatic N) is 2. The second-order valence-corrected chi connectivity index (χ2v) is 5.48. The van der Waals surface area contributed by atoms with E-state index in [1.807, 2.05) is 18.2 Å². The minimum Gasteiger partial charge on any atom is -0.481 e. The summed E-state index contributed by atoms with van der Waals surface area (Å²) in [6.45, 7) is 0.360. The van der Waals surface area contributed by atoms with Crippen LogP contribution < -0.4 is 5.32 Å². The SMILES string of the molecule is O=C(O)Cc1ccc(CNC(=O)c2cccc(-c3ncn[nH]3)c2)cc1.